The Morgan fingerprint density at radius 3 is 2.73 bits per heavy atom. The molecule has 5 N–H and O–H groups in total. The predicted molar refractivity (Wildman–Crippen MR) is 34.8 cm³/mol. The monoisotopic (exact) mass is 159 g/mol. The van der Waals surface area contributed by atoms with Crippen molar-refractivity contribution in [2.75, 3.05) is 6.61 Å². The number of nitrogens with one attached hydrogen (secondary N) is 1. The van der Waals surface area contributed by atoms with E-state index in [1.54, 1.807) is 0 Å². The lowest BCUT2D eigenvalue weighted by atomic mass is 9.99. The van der Waals surface area contributed by atoms with Crippen LogP contribution in [0.1, 0.15) is 6.42 Å². The fraction of sp³-hybridized carbons (Fsp3) is 0.600. The minimum Gasteiger partial charge on any atom is -0.464 e. The normalized spacial score (nSPS) is 29.8. The second-order valence-corrected chi connectivity index (χ2v) is 2.33. The molecule has 1 atom stereocenters. The molecule has 0 aromatic heterocycles. The van der Waals surface area contributed by atoms with Gasteiger partial charge in [-0.05, 0) is 0 Å². The number of hydrazine groups is 1. The van der Waals surface area contributed by atoms with Gasteiger partial charge in [-0.1, -0.05) is 0 Å². The van der Waals surface area contributed by atoms with Crippen molar-refractivity contribution in [2.24, 2.45) is 11.6 Å². The Bertz CT molecular complexity index is 205. The molecular weight excluding hydrogens is 150 g/mol. The van der Waals surface area contributed by atoms with Crippen molar-refractivity contribution >= 4 is 11.9 Å². The number of nitrogens with two attached hydrogens (primary N) is 2. The molecule has 6 heteroatoms. The van der Waals surface area contributed by atoms with Gasteiger partial charge in [-0.3, -0.25) is 10.2 Å². The van der Waals surface area contributed by atoms with Gasteiger partial charge in [0.2, 0.25) is 0 Å². The van der Waals surface area contributed by atoms with Crippen LogP contribution in [-0.2, 0) is 14.3 Å². The second-order valence-electron chi connectivity index (χ2n) is 2.33. The largest absolute Gasteiger partial charge is 0.464 e. The van der Waals surface area contributed by atoms with Gasteiger partial charge >= 0.3 is 5.97 Å². The predicted octanol–water partition coefficient (Wildman–Crippen LogP) is -2.38. The Morgan fingerprint density at radius 1 is 1.73 bits per heavy atom. The van der Waals surface area contributed by atoms with E-state index in [1.165, 1.54) is 0 Å². The molecule has 0 aliphatic carbocycles. The van der Waals surface area contributed by atoms with Crippen LogP contribution in [0.15, 0.2) is 0 Å². The lowest BCUT2D eigenvalue weighted by Gasteiger charge is -2.15. The molecule has 1 rings (SSSR count). The van der Waals surface area contributed by atoms with Crippen LogP contribution in [0.2, 0.25) is 0 Å². The summed E-state index contributed by atoms with van der Waals surface area (Å²) in [6, 6.07) is 0. The van der Waals surface area contributed by atoms with E-state index in [0.717, 1.165) is 0 Å². The summed E-state index contributed by atoms with van der Waals surface area (Å²) in [6.45, 7) is 0.169. The maximum atomic E-state index is 10.9. The maximum absolute atomic E-state index is 10.9. The molecule has 11 heavy (non-hydrogen) atoms. The average Bonchev–Trinajstić information content (AvgIpc) is 2.32. The van der Waals surface area contributed by atoms with Gasteiger partial charge in [0.15, 0.2) is 5.54 Å². The summed E-state index contributed by atoms with van der Waals surface area (Å²) in [4.78, 5) is 21.7. The van der Waals surface area contributed by atoms with Crippen LogP contribution in [0.4, 0.5) is 0 Å². The molecule has 0 spiro atoms. The van der Waals surface area contributed by atoms with Gasteiger partial charge in [0.05, 0.1) is 6.61 Å². The topological polar surface area (TPSA) is 107 Å². The van der Waals surface area contributed by atoms with Crippen molar-refractivity contribution in [1.82, 2.24) is 5.43 Å². The Balaban J connectivity index is 2.80. The molecule has 1 aliphatic rings. The molecule has 0 aromatic carbocycles. The summed E-state index contributed by atoms with van der Waals surface area (Å²) in [5.74, 6) is 3.38. The zero-order chi connectivity index (χ0) is 8.48. The summed E-state index contributed by atoms with van der Waals surface area (Å²) >= 11 is 0. The lowest BCUT2D eigenvalue weighted by Crippen LogP contribution is -2.58. The van der Waals surface area contributed by atoms with Crippen LogP contribution in [0.25, 0.3) is 0 Å². The van der Waals surface area contributed by atoms with Crippen molar-refractivity contribution in [2.45, 2.75) is 12.0 Å². The highest BCUT2D eigenvalue weighted by Crippen LogP contribution is 2.16. The quantitative estimate of drug-likeness (QED) is 0.130. The van der Waals surface area contributed by atoms with E-state index >= 15 is 0 Å². The minimum atomic E-state index is -1.57. The first-order valence-electron chi connectivity index (χ1n) is 3.08. The molecule has 1 saturated heterocycles. The molecule has 1 fully saturated rings. The number of carbonyl (C=O) groups is 2. The lowest BCUT2D eigenvalue weighted by molar-refractivity contribution is -0.146. The molecule has 6 nitrogen and oxygen atoms in total. The number of esters is 1. The van der Waals surface area contributed by atoms with Gasteiger partial charge in [0.25, 0.3) is 5.91 Å². The molecule has 0 unspecified atom stereocenters. The first kappa shape index (κ1) is 7.96. The smallest absolute Gasteiger partial charge is 0.336 e. The van der Waals surface area contributed by atoms with Crippen LogP contribution in [-0.4, -0.2) is 24.0 Å². The van der Waals surface area contributed by atoms with E-state index in [0.29, 0.717) is 0 Å². The fourth-order valence-electron chi connectivity index (χ4n) is 0.871. The molecule has 0 bridgehead atoms. The maximum Gasteiger partial charge on any atom is 0.336 e. The highest BCUT2D eigenvalue weighted by molar-refractivity contribution is 6.07. The molecule has 1 heterocycles. The van der Waals surface area contributed by atoms with Crippen LogP contribution in [0, 0.1) is 0 Å². The van der Waals surface area contributed by atoms with Gasteiger partial charge in [-0.25, -0.2) is 10.6 Å². The van der Waals surface area contributed by atoms with E-state index < -0.39 is 17.4 Å². The molecule has 0 radical (unpaired) electrons. The van der Waals surface area contributed by atoms with E-state index in [2.05, 4.69) is 4.74 Å². The van der Waals surface area contributed by atoms with Crippen LogP contribution >= 0.6 is 0 Å². The van der Waals surface area contributed by atoms with Gasteiger partial charge < -0.3 is 10.5 Å². The van der Waals surface area contributed by atoms with E-state index in [1.807, 2.05) is 5.43 Å². The van der Waals surface area contributed by atoms with Crippen molar-refractivity contribution in [1.29, 1.82) is 0 Å². The van der Waals surface area contributed by atoms with Crippen molar-refractivity contribution in [3.63, 3.8) is 0 Å². The van der Waals surface area contributed by atoms with Gasteiger partial charge in [0, 0.05) is 6.42 Å². The van der Waals surface area contributed by atoms with Crippen molar-refractivity contribution in [3.8, 4) is 0 Å². The first-order valence-corrected chi connectivity index (χ1v) is 3.08. The number of hydrogen-bond donors (Lipinski definition) is 3. The highest BCUT2D eigenvalue weighted by Gasteiger charge is 2.47. The Morgan fingerprint density at radius 2 is 2.36 bits per heavy atom. The third-order valence-corrected chi connectivity index (χ3v) is 1.63. The number of carbonyl (C=O) groups excluding carboxylic acids is 2. The highest BCUT2D eigenvalue weighted by atomic mass is 16.5. The fourth-order valence-corrected chi connectivity index (χ4v) is 0.871. The second kappa shape index (κ2) is 2.48. The zero-order valence-electron chi connectivity index (χ0n) is 5.79. The average molecular weight is 159 g/mol. The number of amides is 1. The Hall–Kier alpha value is -1.14. The molecular formula is C5H9N3O3. The van der Waals surface area contributed by atoms with Gasteiger partial charge in [-0.2, -0.15) is 0 Å². The van der Waals surface area contributed by atoms with Crippen molar-refractivity contribution < 1.29 is 14.3 Å². The van der Waals surface area contributed by atoms with E-state index in [4.69, 9.17) is 11.6 Å². The number of rotatable bonds is 1. The van der Waals surface area contributed by atoms with Gasteiger partial charge in [0.1, 0.15) is 0 Å². The molecule has 62 valence electrons. The molecule has 1 amide bonds. The van der Waals surface area contributed by atoms with E-state index in [-0.39, 0.29) is 13.0 Å². The standard InChI is InChI=1S/C5H9N3O3/c6-5(3(9)8-7)1-2-11-4(5)10/h1-2,6-7H2,(H,8,9)/t5-/m1/s1. The number of hydrogen-bond acceptors (Lipinski definition) is 5. The minimum absolute atomic E-state index is 0.169. The molecule has 0 saturated carbocycles. The third kappa shape index (κ3) is 1.06. The van der Waals surface area contributed by atoms with Crippen LogP contribution in [0.5, 0.6) is 0 Å². The van der Waals surface area contributed by atoms with Crippen LogP contribution in [0.3, 0.4) is 0 Å². The first-order chi connectivity index (χ1) is 5.11. The molecule has 1 aliphatic heterocycles. The number of cyclic esters (lactones) is 1. The Kier molecular flexibility index (Phi) is 1.79. The van der Waals surface area contributed by atoms with Crippen molar-refractivity contribution in [3.05, 3.63) is 0 Å². The summed E-state index contributed by atoms with van der Waals surface area (Å²) in [7, 11) is 0. The molecule has 0 aromatic rings. The third-order valence-electron chi connectivity index (χ3n) is 1.63. The van der Waals surface area contributed by atoms with E-state index in [9.17, 15) is 9.59 Å². The summed E-state index contributed by atoms with van der Waals surface area (Å²) in [6.07, 6.45) is 0.175. The Labute approximate surface area is 62.8 Å². The van der Waals surface area contributed by atoms with Crippen LogP contribution < -0.4 is 17.0 Å². The SMILES string of the molecule is NNC(=O)[C@]1(N)CCOC1=O. The number of ether oxygens (including phenoxy) is 1. The zero-order valence-corrected chi connectivity index (χ0v) is 5.79. The van der Waals surface area contributed by atoms with Gasteiger partial charge in [-0.15, -0.1) is 0 Å². The summed E-state index contributed by atoms with van der Waals surface area (Å²) < 4.78 is 4.51. The summed E-state index contributed by atoms with van der Waals surface area (Å²) in [5, 5.41) is 0. The summed E-state index contributed by atoms with van der Waals surface area (Å²) in [5.41, 5.74) is 5.63.